The van der Waals surface area contributed by atoms with E-state index in [9.17, 15) is 18.0 Å². The van der Waals surface area contributed by atoms with Crippen LogP contribution in [0, 0.1) is 0 Å². The van der Waals surface area contributed by atoms with Gasteiger partial charge < -0.3 is 10.1 Å². The summed E-state index contributed by atoms with van der Waals surface area (Å²) in [5.74, 6) is -0.0231. The fourth-order valence-corrected chi connectivity index (χ4v) is 3.64. The number of carbonyl (C=O) groups excluding carboxylic acids is 1. The summed E-state index contributed by atoms with van der Waals surface area (Å²) in [4.78, 5) is 15.8. The van der Waals surface area contributed by atoms with Crippen molar-refractivity contribution in [3.8, 4) is 11.1 Å². The number of pyridine rings is 1. The molecule has 4 nitrogen and oxygen atoms in total. The lowest BCUT2D eigenvalue weighted by atomic mass is 9.98. The highest BCUT2D eigenvalue weighted by Crippen LogP contribution is 2.44. The summed E-state index contributed by atoms with van der Waals surface area (Å²) in [5.41, 5.74) is 4.12. The van der Waals surface area contributed by atoms with E-state index in [0.717, 1.165) is 34.5 Å². The maximum Gasteiger partial charge on any atom is 0.417 e. The van der Waals surface area contributed by atoms with E-state index in [0.29, 0.717) is 5.69 Å². The van der Waals surface area contributed by atoms with Crippen LogP contribution in [-0.2, 0) is 10.9 Å². The quantitative estimate of drug-likeness (QED) is 0.576. The molecule has 2 aromatic carbocycles. The molecule has 1 heterocycles. The highest BCUT2D eigenvalue weighted by molar-refractivity contribution is 5.79. The molecule has 0 saturated carbocycles. The topological polar surface area (TPSA) is 51.2 Å². The van der Waals surface area contributed by atoms with E-state index in [1.54, 1.807) is 6.08 Å². The Morgan fingerprint density at radius 1 is 1.00 bits per heavy atom. The maximum atomic E-state index is 12.5. The molecule has 158 valence electrons. The predicted octanol–water partition coefficient (Wildman–Crippen LogP) is 5.65. The Bertz CT molecular complexity index is 1060. The summed E-state index contributed by atoms with van der Waals surface area (Å²) in [7, 11) is 0. The Balaban J connectivity index is 1.30. The first-order valence-electron chi connectivity index (χ1n) is 9.72. The van der Waals surface area contributed by atoms with Crippen LogP contribution in [0.2, 0.25) is 0 Å². The minimum absolute atomic E-state index is 0.0231. The van der Waals surface area contributed by atoms with Crippen molar-refractivity contribution in [2.75, 3.05) is 13.2 Å². The van der Waals surface area contributed by atoms with E-state index in [-0.39, 0.29) is 19.1 Å². The Kier molecular flexibility index (Phi) is 5.75. The van der Waals surface area contributed by atoms with Crippen molar-refractivity contribution in [1.29, 1.82) is 0 Å². The van der Waals surface area contributed by atoms with Gasteiger partial charge >= 0.3 is 12.3 Å². The molecule has 0 unspecified atom stereocenters. The number of amides is 1. The molecule has 1 N–H and O–H groups in total. The van der Waals surface area contributed by atoms with Gasteiger partial charge in [-0.15, -0.1) is 0 Å². The van der Waals surface area contributed by atoms with Gasteiger partial charge in [-0.2, -0.15) is 13.2 Å². The summed E-state index contributed by atoms with van der Waals surface area (Å²) in [6.07, 6.45) is -1.08. The number of rotatable bonds is 5. The highest BCUT2D eigenvalue weighted by atomic mass is 19.4. The molecule has 7 heteroatoms. The van der Waals surface area contributed by atoms with Crippen LogP contribution < -0.4 is 5.32 Å². The zero-order valence-corrected chi connectivity index (χ0v) is 16.4. The summed E-state index contributed by atoms with van der Waals surface area (Å²) in [6, 6.07) is 18.4. The van der Waals surface area contributed by atoms with E-state index >= 15 is 0 Å². The van der Waals surface area contributed by atoms with E-state index in [2.05, 4.69) is 22.4 Å². The van der Waals surface area contributed by atoms with Crippen molar-refractivity contribution in [1.82, 2.24) is 10.3 Å². The molecule has 0 saturated heterocycles. The Hall–Kier alpha value is -3.61. The molecule has 1 aromatic heterocycles. The number of hydrogen-bond donors (Lipinski definition) is 1. The van der Waals surface area contributed by atoms with E-state index in [1.165, 1.54) is 12.1 Å². The molecule has 1 aliphatic carbocycles. The minimum atomic E-state index is -4.42. The minimum Gasteiger partial charge on any atom is -0.449 e. The fraction of sp³-hybridized carbons (Fsp3) is 0.167. The number of carbonyl (C=O) groups is 1. The second-order valence-electron chi connectivity index (χ2n) is 7.08. The van der Waals surface area contributed by atoms with Crippen LogP contribution in [0.15, 0.2) is 72.9 Å². The number of benzene rings is 2. The summed E-state index contributed by atoms with van der Waals surface area (Å²) in [6.45, 7) is 0.378. The van der Waals surface area contributed by atoms with Crippen LogP contribution in [-0.4, -0.2) is 24.2 Å². The molecule has 0 aliphatic heterocycles. The van der Waals surface area contributed by atoms with Crippen molar-refractivity contribution in [2.24, 2.45) is 0 Å². The smallest absolute Gasteiger partial charge is 0.417 e. The van der Waals surface area contributed by atoms with Gasteiger partial charge in [-0.25, -0.2) is 4.79 Å². The standard InChI is InChI=1S/C24H19F3N2O2/c25-24(26,27)16-11-12-17(29-14-16)6-5-13-28-23(30)31-15-22-20-9-3-1-7-18(20)19-8-2-4-10-21(19)22/h1-12,14,22H,13,15H2,(H,28,30). The third-order valence-electron chi connectivity index (χ3n) is 5.11. The van der Waals surface area contributed by atoms with Crippen LogP contribution in [0.4, 0.5) is 18.0 Å². The van der Waals surface area contributed by atoms with Crippen LogP contribution >= 0.6 is 0 Å². The summed E-state index contributed by atoms with van der Waals surface area (Å²) < 4.78 is 43.1. The lowest BCUT2D eigenvalue weighted by Gasteiger charge is -2.14. The molecular formula is C24H19F3N2O2. The third-order valence-corrected chi connectivity index (χ3v) is 5.11. The summed E-state index contributed by atoms with van der Waals surface area (Å²) in [5, 5.41) is 2.60. The molecule has 4 rings (SSSR count). The summed E-state index contributed by atoms with van der Waals surface area (Å²) >= 11 is 0. The van der Waals surface area contributed by atoms with Crippen LogP contribution in [0.1, 0.15) is 28.3 Å². The van der Waals surface area contributed by atoms with E-state index in [4.69, 9.17) is 4.74 Å². The van der Waals surface area contributed by atoms with E-state index in [1.807, 2.05) is 36.4 Å². The van der Waals surface area contributed by atoms with Gasteiger partial charge in [-0.3, -0.25) is 4.98 Å². The van der Waals surface area contributed by atoms with Crippen molar-refractivity contribution in [3.63, 3.8) is 0 Å². The lowest BCUT2D eigenvalue weighted by molar-refractivity contribution is -0.137. The monoisotopic (exact) mass is 424 g/mol. The molecule has 1 aliphatic rings. The fourth-order valence-electron chi connectivity index (χ4n) is 3.64. The van der Waals surface area contributed by atoms with Crippen LogP contribution in [0.25, 0.3) is 17.2 Å². The van der Waals surface area contributed by atoms with Crippen LogP contribution in [0.3, 0.4) is 0 Å². The largest absolute Gasteiger partial charge is 0.449 e. The van der Waals surface area contributed by atoms with Crippen molar-refractivity contribution in [2.45, 2.75) is 12.1 Å². The second-order valence-corrected chi connectivity index (χ2v) is 7.08. The first kappa shape index (κ1) is 20.7. The molecule has 0 fully saturated rings. The number of fused-ring (bicyclic) bond motifs is 3. The number of hydrogen-bond acceptors (Lipinski definition) is 3. The van der Waals surface area contributed by atoms with Crippen LogP contribution in [0.5, 0.6) is 0 Å². The van der Waals surface area contributed by atoms with Gasteiger partial charge in [0.05, 0.1) is 11.3 Å². The third kappa shape index (κ3) is 4.60. The zero-order valence-electron chi connectivity index (χ0n) is 16.4. The molecular weight excluding hydrogens is 405 g/mol. The Morgan fingerprint density at radius 3 is 2.23 bits per heavy atom. The highest BCUT2D eigenvalue weighted by Gasteiger charge is 2.30. The van der Waals surface area contributed by atoms with Gasteiger partial charge in [0.15, 0.2) is 0 Å². The van der Waals surface area contributed by atoms with Gasteiger partial charge in [0.2, 0.25) is 0 Å². The second kappa shape index (κ2) is 8.63. The first-order valence-corrected chi connectivity index (χ1v) is 9.72. The zero-order chi connectivity index (χ0) is 21.8. The number of ether oxygens (including phenoxy) is 1. The van der Waals surface area contributed by atoms with Gasteiger partial charge in [0.1, 0.15) is 6.61 Å². The average molecular weight is 424 g/mol. The molecule has 31 heavy (non-hydrogen) atoms. The molecule has 0 atom stereocenters. The number of nitrogens with one attached hydrogen (secondary N) is 1. The molecule has 0 radical (unpaired) electrons. The van der Waals surface area contributed by atoms with Gasteiger partial charge in [0, 0.05) is 18.7 Å². The van der Waals surface area contributed by atoms with Crippen molar-refractivity contribution >= 4 is 12.2 Å². The lowest BCUT2D eigenvalue weighted by Crippen LogP contribution is -2.26. The van der Waals surface area contributed by atoms with Gasteiger partial charge in [-0.1, -0.05) is 54.6 Å². The number of nitrogens with zero attached hydrogens (tertiary/aromatic N) is 1. The predicted molar refractivity (Wildman–Crippen MR) is 111 cm³/mol. The maximum absolute atomic E-state index is 12.5. The SMILES string of the molecule is O=C(NCC=Cc1ccc(C(F)(F)F)cn1)OCC1c2ccccc2-c2ccccc21. The molecule has 0 bridgehead atoms. The average Bonchev–Trinajstić information content (AvgIpc) is 3.09. The number of alkyl halides is 3. The number of alkyl carbamates (subject to hydrolysis) is 1. The first-order chi connectivity index (χ1) is 14.9. The molecule has 3 aromatic rings. The van der Waals surface area contributed by atoms with Crippen molar-refractivity contribution < 1.29 is 22.7 Å². The van der Waals surface area contributed by atoms with Gasteiger partial charge in [-0.05, 0) is 40.5 Å². The van der Waals surface area contributed by atoms with Crippen molar-refractivity contribution in [3.05, 3.63) is 95.3 Å². The molecule has 0 spiro atoms. The number of aromatic nitrogens is 1. The normalized spacial score (nSPS) is 13.1. The Labute approximate surface area is 177 Å². The van der Waals surface area contributed by atoms with Gasteiger partial charge in [0.25, 0.3) is 0 Å². The molecule has 1 amide bonds. The van der Waals surface area contributed by atoms with E-state index < -0.39 is 17.8 Å². The number of halogens is 3. The Morgan fingerprint density at radius 2 is 1.65 bits per heavy atom.